The number of carbonyl (C=O) groups excluding carboxylic acids is 3. The Morgan fingerprint density at radius 3 is 2.18 bits per heavy atom. The standard InChI is InChI=1S/C20H36N2O6/c1-8-12(9-2)16(21-11(3)23)15-14(22-19(26)28-20(4,5)6)10-13(17(15)24)18(25)27-7/h12-17,24H,8-10H2,1-7H3,(H,21,23)(H,22,26)/t13-,14+,15?,16-,17+/m0/s1. The summed E-state index contributed by atoms with van der Waals surface area (Å²) < 4.78 is 10.2. The lowest BCUT2D eigenvalue weighted by atomic mass is 9.80. The maximum atomic E-state index is 12.3. The van der Waals surface area contributed by atoms with Crippen LogP contribution in [-0.4, -0.2) is 54.0 Å². The number of aliphatic hydroxyl groups excluding tert-OH is 1. The molecule has 0 aromatic rings. The van der Waals surface area contributed by atoms with Crippen LogP contribution < -0.4 is 10.6 Å². The van der Waals surface area contributed by atoms with Gasteiger partial charge in [0.05, 0.1) is 19.1 Å². The second kappa shape index (κ2) is 10.1. The first-order valence-electron chi connectivity index (χ1n) is 9.97. The molecule has 0 heterocycles. The lowest BCUT2D eigenvalue weighted by Crippen LogP contribution is -2.54. The minimum absolute atomic E-state index is 0.0860. The molecule has 2 amide bonds. The topological polar surface area (TPSA) is 114 Å². The molecule has 3 N–H and O–H groups in total. The van der Waals surface area contributed by atoms with Crippen molar-refractivity contribution >= 4 is 18.0 Å². The molecule has 0 radical (unpaired) electrons. The van der Waals surface area contributed by atoms with Crippen LogP contribution in [0.2, 0.25) is 0 Å². The molecule has 1 aliphatic carbocycles. The first-order chi connectivity index (χ1) is 12.9. The van der Waals surface area contributed by atoms with Gasteiger partial charge in [0.1, 0.15) is 5.60 Å². The summed E-state index contributed by atoms with van der Waals surface area (Å²) >= 11 is 0. The van der Waals surface area contributed by atoms with E-state index in [2.05, 4.69) is 10.6 Å². The van der Waals surface area contributed by atoms with Crippen molar-refractivity contribution in [3.8, 4) is 0 Å². The SMILES string of the molecule is CCC(CC)[C@H](NC(C)=O)C1[C@H](NC(=O)OC(C)(C)C)C[C@H](C(=O)OC)[C@H]1O. The average Bonchev–Trinajstić information content (AvgIpc) is 2.88. The third-order valence-electron chi connectivity index (χ3n) is 5.33. The van der Waals surface area contributed by atoms with Gasteiger partial charge in [-0.2, -0.15) is 0 Å². The molecular weight excluding hydrogens is 364 g/mol. The summed E-state index contributed by atoms with van der Waals surface area (Å²) in [5, 5.41) is 16.7. The van der Waals surface area contributed by atoms with Gasteiger partial charge in [-0.1, -0.05) is 26.7 Å². The zero-order valence-corrected chi connectivity index (χ0v) is 18.1. The highest BCUT2D eigenvalue weighted by molar-refractivity contribution is 5.75. The highest BCUT2D eigenvalue weighted by atomic mass is 16.6. The van der Waals surface area contributed by atoms with Crippen LogP contribution in [0, 0.1) is 17.8 Å². The molecule has 0 spiro atoms. The van der Waals surface area contributed by atoms with Gasteiger partial charge >= 0.3 is 12.1 Å². The highest BCUT2D eigenvalue weighted by Crippen LogP contribution is 2.38. The number of hydrogen-bond donors (Lipinski definition) is 3. The molecule has 0 aromatic heterocycles. The molecule has 8 nitrogen and oxygen atoms in total. The van der Waals surface area contributed by atoms with E-state index in [9.17, 15) is 19.5 Å². The summed E-state index contributed by atoms with van der Waals surface area (Å²) in [6, 6.07) is -0.927. The van der Waals surface area contributed by atoms with Gasteiger partial charge < -0.3 is 25.2 Å². The van der Waals surface area contributed by atoms with Gasteiger partial charge in [-0.15, -0.1) is 0 Å². The molecule has 0 bridgehead atoms. The number of carbonyl (C=O) groups is 3. The Morgan fingerprint density at radius 1 is 1.18 bits per heavy atom. The lowest BCUT2D eigenvalue weighted by Gasteiger charge is -2.36. The van der Waals surface area contributed by atoms with Gasteiger partial charge in [-0.3, -0.25) is 9.59 Å². The second-order valence-electron chi connectivity index (χ2n) is 8.49. The molecule has 28 heavy (non-hydrogen) atoms. The van der Waals surface area contributed by atoms with Gasteiger partial charge in [-0.25, -0.2) is 4.79 Å². The number of nitrogens with one attached hydrogen (secondary N) is 2. The Bertz CT molecular complexity index is 555. The minimum atomic E-state index is -1.05. The molecule has 1 saturated carbocycles. The van der Waals surface area contributed by atoms with Gasteiger partial charge in [0.2, 0.25) is 5.91 Å². The van der Waals surface area contributed by atoms with Crippen LogP contribution in [0.3, 0.4) is 0 Å². The third-order valence-corrected chi connectivity index (χ3v) is 5.33. The number of ether oxygens (including phenoxy) is 2. The molecule has 1 aliphatic rings. The fourth-order valence-corrected chi connectivity index (χ4v) is 4.10. The van der Waals surface area contributed by atoms with Crippen LogP contribution in [0.15, 0.2) is 0 Å². The molecule has 0 aromatic carbocycles. The van der Waals surface area contributed by atoms with Crippen molar-refractivity contribution in [3.05, 3.63) is 0 Å². The van der Waals surface area contributed by atoms with E-state index in [-0.39, 0.29) is 18.2 Å². The number of amides is 2. The van der Waals surface area contributed by atoms with Crippen molar-refractivity contribution < 1.29 is 29.0 Å². The second-order valence-corrected chi connectivity index (χ2v) is 8.49. The van der Waals surface area contributed by atoms with Crippen molar-refractivity contribution in [1.29, 1.82) is 0 Å². The fourth-order valence-electron chi connectivity index (χ4n) is 4.10. The largest absolute Gasteiger partial charge is 0.469 e. The Morgan fingerprint density at radius 2 is 1.75 bits per heavy atom. The van der Waals surface area contributed by atoms with Crippen LogP contribution in [0.25, 0.3) is 0 Å². The molecule has 1 unspecified atom stereocenters. The maximum absolute atomic E-state index is 12.3. The number of aliphatic hydroxyl groups is 1. The van der Waals surface area contributed by atoms with E-state index in [4.69, 9.17) is 9.47 Å². The minimum Gasteiger partial charge on any atom is -0.469 e. The van der Waals surface area contributed by atoms with E-state index in [1.807, 2.05) is 13.8 Å². The lowest BCUT2D eigenvalue weighted by molar-refractivity contribution is -0.149. The molecule has 162 valence electrons. The average molecular weight is 401 g/mol. The molecule has 1 fully saturated rings. The molecular formula is C20H36N2O6. The molecule has 0 aliphatic heterocycles. The number of esters is 1. The summed E-state index contributed by atoms with van der Waals surface area (Å²) in [6.07, 6.45) is 0.115. The quantitative estimate of drug-likeness (QED) is 0.563. The zero-order valence-electron chi connectivity index (χ0n) is 18.1. The normalized spacial score (nSPS) is 25.9. The van der Waals surface area contributed by atoms with Gasteiger partial charge in [0.25, 0.3) is 0 Å². The Kier molecular flexibility index (Phi) is 8.73. The maximum Gasteiger partial charge on any atom is 0.407 e. The summed E-state index contributed by atoms with van der Waals surface area (Å²) in [4.78, 5) is 36.4. The van der Waals surface area contributed by atoms with E-state index in [1.54, 1.807) is 20.8 Å². The van der Waals surface area contributed by atoms with E-state index in [1.165, 1.54) is 14.0 Å². The van der Waals surface area contributed by atoms with E-state index in [0.29, 0.717) is 0 Å². The van der Waals surface area contributed by atoms with Crippen LogP contribution in [-0.2, 0) is 19.1 Å². The Hall–Kier alpha value is -1.83. The first-order valence-corrected chi connectivity index (χ1v) is 9.97. The smallest absolute Gasteiger partial charge is 0.407 e. The predicted molar refractivity (Wildman–Crippen MR) is 104 cm³/mol. The van der Waals surface area contributed by atoms with Crippen LogP contribution in [0.4, 0.5) is 4.79 Å². The Labute approximate surface area is 167 Å². The van der Waals surface area contributed by atoms with Crippen LogP contribution in [0.1, 0.15) is 60.8 Å². The molecule has 8 heteroatoms. The fraction of sp³-hybridized carbons (Fsp3) is 0.850. The Balaban J connectivity index is 3.21. The van der Waals surface area contributed by atoms with Gasteiger partial charge in [-0.05, 0) is 33.1 Å². The summed E-state index contributed by atoms with van der Waals surface area (Å²) in [5.41, 5.74) is -0.676. The van der Waals surface area contributed by atoms with Crippen molar-refractivity contribution in [2.45, 2.75) is 84.6 Å². The number of methoxy groups -OCH3 is 1. The number of hydrogen-bond acceptors (Lipinski definition) is 6. The van der Waals surface area contributed by atoms with Crippen LogP contribution in [0.5, 0.6) is 0 Å². The highest BCUT2D eigenvalue weighted by Gasteiger charge is 2.51. The van der Waals surface area contributed by atoms with E-state index < -0.39 is 47.7 Å². The van der Waals surface area contributed by atoms with E-state index in [0.717, 1.165) is 12.8 Å². The third kappa shape index (κ3) is 6.36. The van der Waals surface area contributed by atoms with Crippen LogP contribution >= 0.6 is 0 Å². The molecule has 0 saturated heterocycles. The van der Waals surface area contributed by atoms with Crippen molar-refractivity contribution in [2.24, 2.45) is 17.8 Å². The van der Waals surface area contributed by atoms with Gasteiger partial charge in [0.15, 0.2) is 0 Å². The number of alkyl carbamates (subject to hydrolysis) is 1. The van der Waals surface area contributed by atoms with Crippen molar-refractivity contribution in [1.82, 2.24) is 10.6 Å². The summed E-state index contributed by atoms with van der Waals surface area (Å²) in [5.74, 6) is -1.98. The predicted octanol–water partition coefficient (Wildman–Crippen LogP) is 1.99. The summed E-state index contributed by atoms with van der Waals surface area (Å²) in [6.45, 7) is 10.7. The summed E-state index contributed by atoms with van der Waals surface area (Å²) in [7, 11) is 1.27. The first kappa shape index (κ1) is 24.2. The number of rotatable bonds is 7. The molecule has 5 atom stereocenters. The van der Waals surface area contributed by atoms with Crippen molar-refractivity contribution in [2.75, 3.05) is 7.11 Å². The monoisotopic (exact) mass is 400 g/mol. The van der Waals surface area contributed by atoms with Gasteiger partial charge in [0, 0.05) is 24.9 Å². The van der Waals surface area contributed by atoms with E-state index >= 15 is 0 Å². The van der Waals surface area contributed by atoms with Crippen molar-refractivity contribution in [3.63, 3.8) is 0 Å². The zero-order chi connectivity index (χ0) is 21.6. The molecule has 1 rings (SSSR count).